The maximum Gasteiger partial charge on any atom is 0.341 e. The van der Waals surface area contributed by atoms with Gasteiger partial charge >= 0.3 is 11.9 Å². The second-order valence-electron chi connectivity index (χ2n) is 11.6. The Hall–Kier alpha value is -3.11. The van der Waals surface area contributed by atoms with Gasteiger partial charge in [0.25, 0.3) is 0 Å². The van der Waals surface area contributed by atoms with Crippen LogP contribution in [0.4, 0.5) is 10.7 Å². The minimum absolute atomic E-state index is 0.112. The summed E-state index contributed by atoms with van der Waals surface area (Å²) in [7, 11) is 0. The molecule has 3 N–H and O–H groups in total. The van der Waals surface area contributed by atoms with Crippen molar-refractivity contribution in [1.82, 2.24) is 0 Å². The number of carbonyl (C=O) groups is 4. The predicted molar refractivity (Wildman–Crippen MR) is 163 cm³/mol. The Balaban J connectivity index is 1.41. The highest BCUT2D eigenvalue weighted by Gasteiger charge is 2.35. The molecular formula is C31H38N2O6S2. The van der Waals surface area contributed by atoms with Crippen LogP contribution in [-0.4, -0.2) is 41.2 Å². The zero-order chi connectivity index (χ0) is 29.7. The van der Waals surface area contributed by atoms with E-state index in [-0.39, 0.29) is 29.6 Å². The molecule has 0 saturated carbocycles. The van der Waals surface area contributed by atoms with Gasteiger partial charge in [-0.1, -0.05) is 39.0 Å². The van der Waals surface area contributed by atoms with Gasteiger partial charge in [-0.25, -0.2) is 4.79 Å². The first-order valence-corrected chi connectivity index (χ1v) is 15.8. The van der Waals surface area contributed by atoms with Gasteiger partial charge in [0, 0.05) is 15.5 Å². The molecule has 1 heterocycles. The average molecular weight is 599 g/mol. The number of benzene rings is 1. The Morgan fingerprint density at radius 2 is 1.83 bits per heavy atom. The van der Waals surface area contributed by atoms with Crippen LogP contribution >= 0.6 is 23.1 Å². The van der Waals surface area contributed by atoms with E-state index in [2.05, 4.69) is 31.4 Å². The number of amides is 2. The van der Waals surface area contributed by atoms with E-state index in [1.165, 1.54) is 23.1 Å². The van der Waals surface area contributed by atoms with Crippen LogP contribution in [0.15, 0.2) is 41.3 Å². The van der Waals surface area contributed by atoms with Gasteiger partial charge in [0.05, 0.1) is 29.8 Å². The summed E-state index contributed by atoms with van der Waals surface area (Å²) in [5.41, 5.74) is 2.19. The number of thiophene rings is 1. The Morgan fingerprint density at radius 1 is 1.10 bits per heavy atom. The van der Waals surface area contributed by atoms with E-state index in [1.54, 1.807) is 31.2 Å². The van der Waals surface area contributed by atoms with Gasteiger partial charge in [-0.2, -0.15) is 0 Å². The lowest BCUT2D eigenvalue weighted by Crippen LogP contribution is -2.34. The van der Waals surface area contributed by atoms with E-state index >= 15 is 0 Å². The van der Waals surface area contributed by atoms with Crippen molar-refractivity contribution in [3.05, 3.63) is 52.4 Å². The highest BCUT2D eigenvalue weighted by Crippen LogP contribution is 2.44. The molecule has 41 heavy (non-hydrogen) atoms. The highest BCUT2D eigenvalue weighted by molar-refractivity contribution is 8.00. The number of esters is 1. The number of thioether (sulfide) groups is 1. The van der Waals surface area contributed by atoms with Gasteiger partial charge in [0.1, 0.15) is 5.00 Å². The molecule has 4 rings (SSSR count). The number of hydrogen-bond donors (Lipinski definition) is 3. The van der Waals surface area contributed by atoms with E-state index in [1.807, 2.05) is 12.1 Å². The molecule has 2 aliphatic rings. The molecule has 0 saturated heterocycles. The summed E-state index contributed by atoms with van der Waals surface area (Å²) in [6, 6.07) is 7.13. The number of carboxylic acid groups (broad SMARTS) is 1. The van der Waals surface area contributed by atoms with Crippen LogP contribution < -0.4 is 10.6 Å². The Morgan fingerprint density at radius 3 is 2.51 bits per heavy atom. The molecule has 8 nitrogen and oxygen atoms in total. The average Bonchev–Trinajstić information content (AvgIpc) is 3.28. The summed E-state index contributed by atoms with van der Waals surface area (Å²) < 4.78 is 5.35. The number of carboxylic acids is 1. The minimum Gasteiger partial charge on any atom is -0.481 e. The minimum atomic E-state index is -0.975. The third-order valence-corrected chi connectivity index (χ3v) is 9.94. The molecular weight excluding hydrogens is 560 g/mol. The molecule has 0 fully saturated rings. The zero-order valence-electron chi connectivity index (χ0n) is 24.0. The van der Waals surface area contributed by atoms with Crippen molar-refractivity contribution in [2.24, 2.45) is 23.2 Å². The van der Waals surface area contributed by atoms with Crippen molar-refractivity contribution < 1.29 is 29.0 Å². The molecule has 2 amide bonds. The number of aliphatic carboxylic acids is 1. The van der Waals surface area contributed by atoms with Crippen LogP contribution in [-0.2, 0) is 32.0 Å². The molecule has 3 unspecified atom stereocenters. The summed E-state index contributed by atoms with van der Waals surface area (Å²) in [6.45, 7) is 8.75. The van der Waals surface area contributed by atoms with Gasteiger partial charge in [-0.3, -0.25) is 14.4 Å². The topological polar surface area (TPSA) is 122 Å². The fourth-order valence-electron chi connectivity index (χ4n) is 5.42. The van der Waals surface area contributed by atoms with Crippen molar-refractivity contribution >= 4 is 57.5 Å². The van der Waals surface area contributed by atoms with Crippen LogP contribution in [0.3, 0.4) is 0 Å². The quantitative estimate of drug-likeness (QED) is 0.173. The van der Waals surface area contributed by atoms with E-state index in [9.17, 15) is 24.3 Å². The number of hydrogen-bond acceptors (Lipinski definition) is 7. The number of allylic oxidation sites excluding steroid dienone is 2. The van der Waals surface area contributed by atoms with Crippen molar-refractivity contribution in [3.8, 4) is 0 Å². The van der Waals surface area contributed by atoms with Crippen LogP contribution in [0, 0.1) is 23.2 Å². The monoisotopic (exact) mass is 598 g/mol. The third kappa shape index (κ3) is 7.60. The molecule has 1 aromatic carbocycles. The second kappa shape index (κ2) is 13.2. The van der Waals surface area contributed by atoms with E-state index < -0.39 is 23.8 Å². The number of carbonyl (C=O) groups excluding carboxylic acids is 3. The zero-order valence-corrected chi connectivity index (χ0v) is 25.6. The van der Waals surface area contributed by atoms with Gasteiger partial charge in [0.2, 0.25) is 11.8 Å². The predicted octanol–water partition coefficient (Wildman–Crippen LogP) is 6.41. The summed E-state index contributed by atoms with van der Waals surface area (Å²) in [6.07, 6.45) is 7.02. The molecule has 0 spiro atoms. The number of ether oxygens (including phenoxy) is 1. The van der Waals surface area contributed by atoms with Crippen molar-refractivity contribution in [2.45, 2.75) is 64.7 Å². The number of nitrogens with one attached hydrogen (secondary N) is 2. The molecule has 2 aromatic rings. The molecule has 0 radical (unpaired) electrons. The smallest absolute Gasteiger partial charge is 0.341 e. The summed E-state index contributed by atoms with van der Waals surface area (Å²) >= 11 is 2.79. The maximum absolute atomic E-state index is 13.0. The summed E-state index contributed by atoms with van der Waals surface area (Å²) in [5.74, 6) is -2.71. The molecule has 3 atom stereocenters. The molecule has 220 valence electrons. The molecule has 0 aliphatic heterocycles. The van der Waals surface area contributed by atoms with Gasteiger partial charge in [-0.05, 0) is 74.1 Å². The third-order valence-electron chi connectivity index (χ3n) is 7.78. The fraction of sp³-hybridized carbons (Fsp3) is 0.484. The molecule has 1 aromatic heterocycles. The van der Waals surface area contributed by atoms with Gasteiger partial charge < -0.3 is 20.5 Å². The highest BCUT2D eigenvalue weighted by atomic mass is 32.2. The second-order valence-corrected chi connectivity index (χ2v) is 13.7. The number of rotatable bonds is 9. The lowest BCUT2D eigenvalue weighted by molar-refractivity contribution is -0.146. The normalized spacial score (nSPS) is 20.1. The molecule has 10 heteroatoms. The lowest BCUT2D eigenvalue weighted by Gasteiger charge is -2.33. The summed E-state index contributed by atoms with van der Waals surface area (Å²) in [5, 5.41) is 15.8. The van der Waals surface area contributed by atoms with E-state index in [4.69, 9.17) is 4.74 Å². The van der Waals surface area contributed by atoms with Crippen LogP contribution in [0.1, 0.15) is 67.8 Å². The van der Waals surface area contributed by atoms with Crippen molar-refractivity contribution in [2.75, 3.05) is 23.0 Å². The standard InChI is InChI=1S/C31H38N2O6S2/c1-5-39-30(38)26-23-14-13-18(31(2,3)4)15-24(23)41-28(26)33-25(34)17-40-20-10-8-9-19(16-20)32-27(35)21-11-6-7-12-22(21)29(36)37/h6-10,16,18,21-22H,5,11-15,17H2,1-4H3,(H,32,35)(H,33,34)(H,36,37). The van der Waals surface area contributed by atoms with Crippen molar-refractivity contribution in [3.63, 3.8) is 0 Å². The Bertz CT molecular complexity index is 1340. The van der Waals surface area contributed by atoms with Gasteiger partial charge in [-0.15, -0.1) is 23.1 Å². The lowest BCUT2D eigenvalue weighted by atomic mass is 9.72. The Labute approximate surface area is 249 Å². The summed E-state index contributed by atoms with van der Waals surface area (Å²) in [4.78, 5) is 52.2. The van der Waals surface area contributed by atoms with E-state index in [0.29, 0.717) is 35.0 Å². The first-order valence-electron chi connectivity index (χ1n) is 14.0. The van der Waals surface area contributed by atoms with Crippen LogP contribution in [0.5, 0.6) is 0 Å². The number of anilines is 2. The van der Waals surface area contributed by atoms with Crippen LogP contribution in [0.25, 0.3) is 0 Å². The van der Waals surface area contributed by atoms with Crippen LogP contribution in [0.2, 0.25) is 0 Å². The largest absolute Gasteiger partial charge is 0.481 e. The SMILES string of the molecule is CCOC(=O)c1c(NC(=O)CSc2cccc(NC(=O)C3CC=CCC3C(=O)O)c2)sc2c1CCC(C(C)(C)C)C2. The first-order chi connectivity index (χ1) is 19.5. The maximum atomic E-state index is 13.0. The first kappa shape index (κ1) is 30.8. The van der Waals surface area contributed by atoms with E-state index in [0.717, 1.165) is 34.6 Å². The molecule has 0 bridgehead atoms. The Kier molecular flexibility index (Phi) is 9.96. The number of fused-ring (bicyclic) bond motifs is 1. The van der Waals surface area contributed by atoms with Crippen molar-refractivity contribution in [1.29, 1.82) is 0 Å². The molecule has 2 aliphatic carbocycles. The van der Waals surface area contributed by atoms with Gasteiger partial charge in [0.15, 0.2) is 0 Å². The fourth-order valence-corrected chi connectivity index (χ4v) is 7.51.